The lowest BCUT2D eigenvalue weighted by Gasteiger charge is -2.05. The minimum absolute atomic E-state index is 0.0764. The van der Waals surface area contributed by atoms with Crippen LogP contribution in [-0.2, 0) is 0 Å². The van der Waals surface area contributed by atoms with Crippen LogP contribution in [-0.4, -0.2) is 24.7 Å². The molecule has 0 N–H and O–H groups in total. The minimum Gasteiger partial charge on any atom is -0.258 e. The molecule has 11 nitrogen and oxygen atoms in total. The van der Waals surface area contributed by atoms with Crippen molar-refractivity contribution in [3.8, 4) is 0 Å². The zero-order valence-electron chi connectivity index (χ0n) is 12.3. The van der Waals surface area contributed by atoms with Crippen LogP contribution in [0.25, 0.3) is 0 Å². The maximum atomic E-state index is 11.2. The number of aryl methyl sites for hydroxylation is 2. The Hall–Kier alpha value is -3.15. The van der Waals surface area contributed by atoms with Crippen molar-refractivity contribution in [2.75, 3.05) is 0 Å². The van der Waals surface area contributed by atoms with Gasteiger partial charge in [0.2, 0.25) is 0 Å². The Balaban J connectivity index is 2.68. The number of nitro groups is 3. The van der Waals surface area contributed by atoms with Crippen molar-refractivity contribution in [3.05, 3.63) is 59.9 Å². The smallest absolute Gasteiger partial charge is 0.258 e. The summed E-state index contributed by atoms with van der Waals surface area (Å²) in [6, 6.07) is 3.03. The fourth-order valence-corrected chi connectivity index (χ4v) is 2.93. The molecule has 2 aromatic rings. The molecule has 0 unspecified atom stereocenters. The first kappa shape index (κ1) is 17.2. The molecule has 0 saturated heterocycles. The van der Waals surface area contributed by atoms with Crippen molar-refractivity contribution in [1.82, 2.24) is 9.97 Å². The highest BCUT2D eigenvalue weighted by atomic mass is 32.2. The molecule has 0 bridgehead atoms. The normalized spacial score (nSPS) is 10.4. The summed E-state index contributed by atoms with van der Waals surface area (Å²) < 4.78 is 0. The third kappa shape index (κ3) is 3.60. The second-order valence-corrected chi connectivity index (χ2v) is 5.60. The van der Waals surface area contributed by atoms with Crippen LogP contribution in [0, 0.1) is 44.2 Å². The van der Waals surface area contributed by atoms with Gasteiger partial charge in [-0.15, -0.1) is 0 Å². The Morgan fingerprint density at radius 2 is 1.29 bits per heavy atom. The van der Waals surface area contributed by atoms with E-state index in [9.17, 15) is 30.3 Å². The van der Waals surface area contributed by atoms with Crippen LogP contribution in [0.2, 0.25) is 0 Å². The first-order chi connectivity index (χ1) is 11.2. The number of nitrogens with zero attached hydrogens (tertiary/aromatic N) is 5. The lowest BCUT2D eigenvalue weighted by atomic mass is 10.2. The molecule has 0 fully saturated rings. The molecular formula is C12H9N5O6S. The second kappa shape index (κ2) is 6.54. The summed E-state index contributed by atoms with van der Waals surface area (Å²) in [5.41, 5.74) is -1.07. The molecule has 0 atom stereocenters. The highest BCUT2D eigenvalue weighted by Gasteiger charge is 2.31. The van der Waals surface area contributed by atoms with Gasteiger partial charge in [-0.3, -0.25) is 30.3 Å². The van der Waals surface area contributed by atoms with Gasteiger partial charge in [0.05, 0.1) is 26.9 Å². The molecule has 2 rings (SSSR count). The molecule has 0 aliphatic heterocycles. The van der Waals surface area contributed by atoms with Gasteiger partial charge in [-0.25, -0.2) is 9.97 Å². The molecule has 0 amide bonds. The number of benzene rings is 1. The van der Waals surface area contributed by atoms with Crippen molar-refractivity contribution in [2.24, 2.45) is 0 Å². The number of non-ortho nitro benzene ring substituents is 1. The average molecular weight is 351 g/mol. The van der Waals surface area contributed by atoms with Gasteiger partial charge < -0.3 is 0 Å². The molecule has 24 heavy (non-hydrogen) atoms. The zero-order valence-corrected chi connectivity index (χ0v) is 13.1. The molecule has 0 aliphatic carbocycles. The Kier molecular flexibility index (Phi) is 4.69. The number of aromatic nitrogens is 2. The van der Waals surface area contributed by atoms with Gasteiger partial charge >= 0.3 is 0 Å². The first-order valence-electron chi connectivity index (χ1n) is 6.30. The molecule has 1 aromatic carbocycles. The molecular weight excluding hydrogens is 342 g/mol. The van der Waals surface area contributed by atoms with Crippen LogP contribution in [0.1, 0.15) is 11.4 Å². The van der Waals surface area contributed by atoms with Crippen molar-refractivity contribution in [3.63, 3.8) is 0 Å². The van der Waals surface area contributed by atoms with Gasteiger partial charge in [0.25, 0.3) is 17.1 Å². The molecule has 0 aliphatic rings. The van der Waals surface area contributed by atoms with Crippen molar-refractivity contribution >= 4 is 28.8 Å². The minimum atomic E-state index is -0.929. The SMILES string of the molecule is Cc1cc(C)nc(Sc2c([N+](=O)[O-])cc([N+](=O)[O-])cc2[N+](=O)[O-])n1. The van der Waals surface area contributed by atoms with E-state index in [1.165, 1.54) is 0 Å². The number of hydrogen-bond donors (Lipinski definition) is 0. The quantitative estimate of drug-likeness (QED) is 0.449. The van der Waals surface area contributed by atoms with Gasteiger partial charge in [0, 0.05) is 11.4 Å². The molecule has 1 heterocycles. The summed E-state index contributed by atoms with van der Waals surface area (Å²) in [4.78, 5) is 38.2. The fourth-order valence-electron chi connectivity index (χ4n) is 1.90. The molecule has 0 radical (unpaired) electrons. The van der Waals surface area contributed by atoms with Crippen LogP contribution in [0.15, 0.2) is 28.3 Å². The Labute approximate surface area is 138 Å². The summed E-state index contributed by atoms with van der Waals surface area (Å²) in [5, 5.41) is 33.3. The third-order valence-electron chi connectivity index (χ3n) is 2.79. The largest absolute Gasteiger partial charge is 0.297 e. The second-order valence-electron chi connectivity index (χ2n) is 4.62. The Morgan fingerprint density at radius 3 is 1.67 bits per heavy atom. The zero-order chi connectivity index (χ0) is 18.0. The van der Waals surface area contributed by atoms with E-state index in [2.05, 4.69) is 9.97 Å². The third-order valence-corrected chi connectivity index (χ3v) is 3.78. The van der Waals surface area contributed by atoms with Crippen molar-refractivity contribution in [1.29, 1.82) is 0 Å². The van der Waals surface area contributed by atoms with E-state index in [0.29, 0.717) is 35.3 Å². The lowest BCUT2D eigenvalue weighted by molar-refractivity contribution is -0.407. The van der Waals surface area contributed by atoms with Gasteiger partial charge in [0.1, 0.15) is 0 Å². The van der Waals surface area contributed by atoms with E-state index in [-0.39, 0.29) is 10.1 Å². The summed E-state index contributed by atoms with van der Waals surface area (Å²) in [7, 11) is 0. The predicted octanol–water partition coefficient (Wildman–Crippen LogP) is 2.97. The number of hydrogen-bond acceptors (Lipinski definition) is 9. The van der Waals surface area contributed by atoms with Gasteiger partial charge in [-0.05, 0) is 31.7 Å². The highest BCUT2D eigenvalue weighted by molar-refractivity contribution is 7.99. The number of nitro benzene ring substituents is 3. The summed E-state index contributed by atoms with van der Waals surface area (Å²) >= 11 is 0.618. The molecule has 12 heteroatoms. The van der Waals surface area contributed by atoms with Gasteiger partial charge in [-0.2, -0.15) is 0 Å². The standard InChI is InChI=1S/C12H9N5O6S/c1-6-3-7(2)14-12(13-6)24-11-9(16(20)21)4-8(15(18)19)5-10(11)17(22)23/h3-5H,1-2H3. The Morgan fingerprint density at radius 1 is 0.833 bits per heavy atom. The molecule has 0 saturated carbocycles. The monoisotopic (exact) mass is 351 g/mol. The Bertz CT molecular complexity index is 816. The van der Waals surface area contributed by atoms with Crippen LogP contribution in [0.5, 0.6) is 0 Å². The topological polar surface area (TPSA) is 155 Å². The number of rotatable bonds is 5. The van der Waals surface area contributed by atoms with E-state index < -0.39 is 31.8 Å². The summed E-state index contributed by atoms with van der Waals surface area (Å²) in [6.45, 7) is 3.36. The van der Waals surface area contributed by atoms with Crippen LogP contribution < -0.4 is 0 Å². The van der Waals surface area contributed by atoms with Gasteiger partial charge in [0.15, 0.2) is 10.1 Å². The first-order valence-corrected chi connectivity index (χ1v) is 7.12. The predicted molar refractivity (Wildman–Crippen MR) is 82.0 cm³/mol. The molecule has 124 valence electrons. The summed E-state index contributed by atoms with van der Waals surface area (Å²) in [5.74, 6) is 0. The van der Waals surface area contributed by atoms with Gasteiger partial charge in [-0.1, -0.05) is 0 Å². The average Bonchev–Trinajstić information content (AvgIpc) is 2.45. The van der Waals surface area contributed by atoms with Crippen LogP contribution in [0.3, 0.4) is 0 Å². The fraction of sp³-hybridized carbons (Fsp3) is 0.167. The van der Waals surface area contributed by atoms with Crippen LogP contribution >= 0.6 is 11.8 Å². The maximum Gasteiger partial charge on any atom is 0.297 e. The molecule has 0 spiro atoms. The summed E-state index contributed by atoms with van der Waals surface area (Å²) in [6.07, 6.45) is 0. The molecule has 1 aromatic heterocycles. The van der Waals surface area contributed by atoms with Crippen LogP contribution in [0.4, 0.5) is 17.1 Å². The van der Waals surface area contributed by atoms with Crippen molar-refractivity contribution in [2.45, 2.75) is 23.9 Å². The lowest BCUT2D eigenvalue weighted by Crippen LogP contribution is -2.01. The highest BCUT2D eigenvalue weighted by Crippen LogP contribution is 2.42. The van der Waals surface area contributed by atoms with E-state index in [1.807, 2.05) is 0 Å². The van der Waals surface area contributed by atoms with Crippen molar-refractivity contribution < 1.29 is 14.8 Å². The van der Waals surface area contributed by atoms with E-state index >= 15 is 0 Å². The van der Waals surface area contributed by atoms with E-state index in [0.717, 1.165) is 0 Å². The van der Waals surface area contributed by atoms with E-state index in [1.54, 1.807) is 19.9 Å². The maximum absolute atomic E-state index is 11.2. The van der Waals surface area contributed by atoms with E-state index in [4.69, 9.17) is 0 Å².